The number of halogens is 3. The molecule has 0 saturated heterocycles. The molecule has 0 fully saturated rings. The van der Waals surface area contributed by atoms with Crippen LogP contribution in [0.4, 0.5) is 25.1 Å². The van der Waals surface area contributed by atoms with Gasteiger partial charge >= 0.3 is 6.03 Å². The molecule has 2 aromatic heterocycles. The van der Waals surface area contributed by atoms with E-state index in [1.165, 1.54) is 11.3 Å². The van der Waals surface area contributed by atoms with Crippen molar-refractivity contribution in [2.24, 2.45) is 0 Å². The molecule has 0 atom stereocenters. The van der Waals surface area contributed by atoms with Crippen molar-refractivity contribution >= 4 is 51.4 Å². The zero-order valence-electron chi connectivity index (χ0n) is 16.0. The number of amides is 2. The molecule has 2 heterocycles. The summed E-state index contributed by atoms with van der Waals surface area (Å²) >= 11 is 7.64. The van der Waals surface area contributed by atoms with Crippen LogP contribution in [-0.4, -0.2) is 29.1 Å². The van der Waals surface area contributed by atoms with Gasteiger partial charge in [0.25, 0.3) is 0 Å². The first-order valence-electron chi connectivity index (χ1n) is 9.24. The van der Waals surface area contributed by atoms with E-state index in [1.54, 1.807) is 12.1 Å². The topological polar surface area (TPSA) is 78.9 Å². The number of hydrogen-bond acceptors (Lipinski definition) is 5. The molecule has 158 valence electrons. The highest BCUT2D eigenvalue weighted by molar-refractivity contribution is 7.13. The van der Waals surface area contributed by atoms with Crippen LogP contribution in [-0.2, 0) is 0 Å². The van der Waals surface area contributed by atoms with Gasteiger partial charge < -0.3 is 16.0 Å². The number of benzene rings is 2. The molecule has 4 rings (SSSR count). The fraction of sp³-hybridized carbons (Fsp3) is 0.0952. The number of fused-ring (bicyclic) bond motifs is 1. The predicted molar refractivity (Wildman–Crippen MR) is 120 cm³/mol. The monoisotopic (exact) mass is 459 g/mol. The smallest absolute Gasteiger partial charge is 0.319 e. The highest BCUT2D eigenvalue weighted by atomic mass is 35.5. The number of nitrogens with zero attached hydrogens (tertiary/aromatic N) is 2. The van der Waals surface area contributed by atoms with E-state index in [4.69, 9.17) is 11.6 Å². The van der Waals surface area contributed by atoms with E-state index >= 15 is 0 Å². The number of thiophene rings is 1. The van der Waals surface area contributed by atoms with Gasteiger partial charge in [0.2, 0.25) is 0 Å². The van der Waals surface area contributed by atoms with Gasteiger partial charge in [-0.3, -0.25) is 0 Å². The van der Waals surface area contributed by atoms with Crippen molar-refractivity contribution in [1.29, 1.82) is 0 Å². The third-order valence-corrected chi connectivity index (χ3v) is 5.38. The quantitative estimate of drug-likeness (QED) is 0.331. The molecule has 0 bridgehead atoms. The van der Waals surface area contributed by atoms with Gasteiger partial charge in [-0.1, -0.05) is 17.7 Å². The Morgan fingerprint density at radius 3 is 2.71 bits per heavy atom. The maximum absolute atomic E-state index is 13.6. The molecule has 0 unspecified atom stereocenters. The van der Waals surface area contributed by atoms with Crippen LogP contribution in [0.1, 0.15) is 0 Å². The van der Waals surface area contributed by atoms with E-state index in [0.29, 0.717) is 34.8 Å². The van der Waals surface area contributed by atoms with Crippen molar-refractivity contribution in [3.8, 4) is 10.7 Å². The standard InChI is InChI=1S/C21H16ClF2N5OS/c22-12-3-5-14-17(10-12)27-20(18-2-1-9-31-18)29-19(14)25-7-8-26-21(30)28-16-6-4-13(23)11-15(16)24/h1-6,9-11H,7-8H2,(H,25,27,29)(H2,26,28,30). The molecule has 4 aromatic rings. The van der Waals surface area contributed by atoms with E-state index in [-0.39, 0.29) is 12.2 Å². The third-order valence-electron chi connectivity index (χ3n) is 4.28. The van der Waals surface area contributed by atoms with Crippen LogP contribution in [0.15, 0.2) is 53.9 Å². The fourth-order valence-corrected chi connectivity index (χ4v) is 3.69. The van der Waals surface area contributed by atoms with E-state index in [2.05, 4.69) is 25.9 Å². The van der Waals surface area contributed by atoms with Gasteiger partial charge in [-0.25, -0.2) is 23.5 Å². The molecule has 3 N–H and O–H groups in total. The number of nitrogens with one attached hydrogen (secondary N) is 3. The minimum absolute atomic E-state index is 0.105. The maximum Gasteiger partial charge on any atom is 0.319 e. The molecule has 0 aliphatic heterocycles. The maximum atomic E-state index is 13.6. The average molecular weight is 460 g/mol. The Hall–Kier alpha value is -3.30. The molecule has 0 aliphatic carbocycles. The van der Waals surface area contributed by atoms with Crippen LogP contribution in [0.3, 0.4) is 0 Å². The Balaban J connectivity index is 1.42. The molecule has 0 aliphatic rings. The second kappa shape index (κ2) is 9.23. The first-order valence-corrected chi connectivity index (χ1v) is 10.5. The first-order chi connectivity index (χ1) is 15.0. The van der Waals surface area contributed by atoms with Gasteiger partial charge in [-0.2, -0.15) is 0 Å². The van der Waals surface area contributed by atoms with Gasteiger partial charge in [-0.05, 0) is 41.8 Å². The molecule has 10 heteroatoms. The van der Waals surface area contributed by atoms with E-state index in [9.17, 15) is 13.6 Å². The number of hydrogen-bond donors (Lipinski definition) is 3. The zero-order valence-corrected chi connectivity index (χ0v) is 17.5. The van der Waals surface area contributed by atoms with Crippen molar-refractivity contribution < 1.29 is 13.6 Å². The van der Waals surface area contributed by atoms with Crippen LogP contribution >= 0.6 is 22.9 Å². The van der Waals surface area contributed by atoms with Crippen molar-refractivity contribution in [1.82, 2.24) is 15.3 Å². The van der Waals surface area contributed by atoms with E-state index < -0.39 is 17.7 Å². The number of anilines is 2. The van der Waals surface area contributed by atoms with Crippen molar-refractivity contribution in [3.63, 3.8) is 0 Å². The molecule has 0 saturated carbocycles. The Bertz CT molecular complexity index is 1240. The summed E-state index contributed by atoms with van der Waals surface area (Å²) in [5.41, 5.74) is 0.594. The number of aromatic nitrogens is 2. The minimum atomic E-state index is -0.847. The van der Waals surface area contributed by atoms with Crippen molar-refractivity contribution in [2.45, 2.75) is 0 Å². The van der Waals surface area contributed by atoms with Crippen LogP contribution in [0.2, 0.25) is 5.02 Å². The number of rotatable bonds is 6. The Kier molecular flexibility index (Phi) is 6.24. The molecular weight excluding hydrogens is 444 g/mol. The Labute approximate surface area is 185 Å². The number of carbonyl (C=O) groups is 1. The highest BCUT2D eigenvalue weighted by Gasteiger charge is 2.11. The van der Waals surface area contributed by atoms with Crippen molar-refractivity contribution in [2.75, 3.05) is 23.7 Å². The minimum Gasteiger partial charge on any atom is -0.368 e. The summed E-state index contributed by atoms with van der Waals surface area (Å²) in [6.45, 7) is 0.597. The van der Waals surface area contributed by atoms with Gasteiger partial charge in [0, 0.05) is 29.6 Å². The van der Waals surface area contributed by atoms with E-state index in [1.807, 2.05) is 23.6 Å². The summed E-state index contributed by atoms with van der Waals surface area (Å²) in [4.78, 5) is 22.1. The zero-order chi connectivity index (χ0) is 21.8. The summed E-state index contributed by atoms with van der Waals surface area (Å²) in [5.74, 6) is -0.380. The van der Waals surface area contributed by atoms with Crippen molar-refractivity contribution in [3.05, 3.63) is 70.6 Å². The average Bonchev–Trinajstić information content (AvgIpc) is 3.27. The molecule has 31 heavy (non-hydrogen) atoms. The SMILES string of the molecule is O=C(NCCNc1nc(-c2cccs2)nc2cc(Cl)ccc12)Nc1ccc(F)cc1F. The van der Waals surface area contributed by atoms with Gasteiger partial charge in [-0.15, -0.1) is 11.3 Å². The fourth-order valence-electron chi connectivity index (χ4n) is 2.87. The molecule has 2 amide bonds. The number of urea groups is 1. The summed E-state index contributed by atoms with van der Waals surface area (Å²) < 4.78 is 26.6. The molecule has 2 aromatic carbocycles. The largest absolute Gasteiger partial charge is 0.368 e. The summed E-state index contributed by atoms with van der Waals surface area (Å²) in [5, 5.41) is 11.4. The van der Waals surface area contributed by atoms with Gasteiger partial charge in [0.05, 0.1) is 16.1 Å². The first kappa shape index (κ1) is 21.0. The third kappa shape index (κ3) is 5.07. The van der Waals surface area contributed by atoms with Crippen LogP contribution in [0.25, 0.3) is 21.6 Å². The van der Waals surface area contributed by atoms with Crippen LogP contribution < -0.4 is 16.0 Å². The van der Waals surface area contributed by atoms with Crippen LogP contribution in [0, 0.1) is 11.6 Å². The Morgan fingerprint density at radius 1 is 1.06 bits per heavy atom. The molecule has 0 spiro atoms. The molecule has 6 nitrogen and oxygen atoms in total. The molecular formula is C21H16ClF2N5OS. The summed E-state index contributed by atoms with van der Waals surface area (Å²) in [6, 6.07) is 11.5. The second-order valence-electron chi connectivity index (χ2n) is 6.47. The Morgan fingerprint density at radius 2 is 1.94 bits per heavy atom. The lowest BCUT2D eigenvalue weighted by Gasteiger charge is -2.12. The van der Waals surface area contributed by atoms with Crippen LogP contribution in [0.5, 0.6) is 0 Å². The highest BCUT2D eigenvalue weighted by Crippen LogP contribution is 2.28. The summed E-state index contributed by atoms with van der Waals surface area (Å²) in [6.07, 6.45) is 0. The lowest BCUT2D eigenvalue weighted by Crippen LogP contribution is -2.33. The predicted octanol–water partition coefficient (Wildman–Crippen LogP) is 5.52. The summed E-state index contributed by atoms with van der Waals surface area (Å²) in [7, 11) is 0. The van der Waals surface area contributed by atoms with Gasteiger partial charge in [0.15, 0.2) is 5.82 Å². The second-order valence-corrected chi connectivity index (χ2v) is 7.85. The molecule has 0 radical (unpaired) electrons. The lowest BCUT2D eigenvalue weighted by atomic mass is 10.2. The normalized spacial score (nSPS) is 10.8. The van der Waals surface area contributed by atoms with Gasteiger partial charge in [0.1, 0.15) is 17.5 Å². The number of carbonyl (C=O) groups excluding carboxylic acids is 1. The lowest BCUT2D eigenvalue weighted by molar-refractivity contribution is 0.252. The van der Waals surface area contributed by atoms with E-state index in [0.717, 1.165) is 22.4 Å².